The van der Waals surface area contributed by atoms with Crippen molar-refractivity contribution in [3.63, 3.8) is 0 Å². The van der Waals surface area contributed by atoms with Gasteiger partial charge in [-0.15, -0.1) is 0 Å². The smallest absolute Gasteiger partial charge is 0.388 e. The van der Waals surface area contributed by atoms with Gasteiger partial charge in [0.25, 0.3) is 0 Å². The Labute approximate surface area is 160 Å². The maximum absolute atomic E-state index is 13.0. The first kappa shape index (κ1) is 20.1. The lowest BCUT2D eigenvalue weighted by Gasteiger charge is -2.19. The van der Waals surface area contributed by atoms with Gasteiger partial charge in [-0.05, 0) is 45.6 Å². The minimum absolute atomic E-state index is 0.0982. The molecule has 0 radical (unpaired) electrons. The van der Waals surface area contributed by atoms with E-state index in [-0.39, 0.29) is 23.3 Å². The van der Waals surface area contributed by atoms with Crippen molar-refractivity contribution in [3.05, 3.63) is 33.5 Å². The van der Waals surface area contributed by atoms with Crippen LogP contribution in [-0.4, -0.2) is 40.1 Å². The number of pyridine rings is 1. The predicted molar refractivity (Wildman–Crippen MR) is 98.3 cm³/mol. The molecule has 2 aromatic rings. The van der Waals surface area contributed by atoms with Gasteiger partial charge in [-0.25, -0.2) is 14.6 Å². The Kier molecular flexibility index (Phi) is 5.87. The molecule has 0 bridgehead atoms. The Morgan fingerprint density at radius 3 is 2.61 bits per heavy atom. The summed E-state index contributed by atoms with van der Waals surface area (Å²) in [7, 11) is 1.59. The highest BCUT2D eigenvalue weighted by Crippen LogP contribution is 2.39. The number of ether oxygens (including phenoxy) is 2. The summed E-state index contributed by atoms with van der Waals surface area (Å²) in [4.78, 5) is 21.2. The van der Waals surface area contributed by atoms with Crippen molar-refractivity contribution in [1.29, 1.82) is 0 Å². The van der Waals surface area contributed by atoms with Crippen LogP contribution in [0.2, 0.25) is 0 Å². The fourth-order valence-corrected chi connectivity index (χ4v) is 3.05. The fraction of sp³-hybridized carbons (Fsp3) is 0.556. The normalized spacial score (nSPS) is 15.0. The molecule has 1 aliphatic rings. The van der Waals surface area contributed by atoms with E-state index in [0.717, 1.165) is 12.8 Å². The summed E-state index contributed by atoms with van der Waals surface area (Å²) >= 11 is 0. The van der Waals surface area contributed by atoms with Gasteiger partial charge in [-0.2, -0.15) is 13.9 Å². The number of nitrogens with zero attached hydrogens (tertiary/aromatic N) is 4. The zero-order valence-corrected chi connectivity index (χ0v) is 16.2. The fourth-order valence-electron chi connectivity index (χ4n) is 3.05. The zero-order chi connectivity index (χ0) is 20.4. The first-order valence-electron chi connectivity index (χ1n) is 8.96. The lowest BCUT2D eigenvalue weighted by molar-refractivity contribution is -0.0533. The number of aryl methyl sites for hydroxylation is 3. The lowest BCUT2D eigenvalue weighted by Crippen LogP contribution is -2.34. The van der Waals surface area contributed by atoms with Crippen molar-refractivity contribution >= 4 is 11.5 Å². The van der Waals surface area contributed by atoms with E-state index in [0.29, 0.717) is 35.3 Å². The number of nitrogens with one attached hydrogen (secondary N) is 1. The van der Waals surface area contributed by atoms with Gasteiger partial charge in [-0.1, -0.05) is 0 Å². The third kappa shape index (κ3) is 4.44. The first-order chi connectivity index (χ1) is 13.3. The second-order valence-corrected chi connectivity index (χ2v) is 6.86. The van der Waals surface area contributed by atoms with Gasteiger partial charge in [0.05, 0.1) is 24.0 Å². The molecule has 0 aromatic carbocycles. The maximum atomic E-state index is 13.0. The minimum Gasteiger partial charge on any atom is -0.417 e. The molecule has 1 atom stereocenters. The number of halogens is 2. The third-order valence-corrected chi connectivity index (χ3v) is 4.57. The second-order valence-electron chi connectivity index (χ2n) is 6.86. The third-order valence-electron chi connectivity index (χ3n) is 4.57. The minimum atomic E-state index is -2.96. The van der Waals surface area contributed by atoms with Crippen LogP contribution in [0.5, 0.6) is 5.88 Å². The molecule has 3 rings (SSSR count). The molecule has 28 heavy (non-hydrogen) atoms. The Morgan fingerprint density at radius 1 is 1.29 bits per heavy atom. The average molecular weight is 395 g/mol. The van der Waals surface area contributed by atoms with Crippen LogP contribution >= 0.6 is 0 Å². The molecule has 0 spiro atoms. The van der Waals surface area contributed by atoms with Crippen molar-refractivity contribution in [2.45, 2.75) is 46.3 Å². The summed E-state index contributed by atoms with van der Waals surface area (Å²) in [5.41, 5.74) is 0.925. The van der Waals surface area contributed by atoms with E-state index in [4.69, 9.17) is 4.74 Å². The average Bonchev–Trinajstić information content (AvgIpc) is 3.44. The molecule has 0 unspecified atom stereocenters. The summed E-state index contributed by atoms with van der Waals surface area (Å²) < 4.78 is 36.1. The number of hydrogen-bond donors (Lipinski definition) is 1. The number of methoxy groups -OCH3 is 1. The van der Waals surface area contributed by atoms with E-state index in [1.165, 1.54) is 4.68 Å². The van der Waals surface area contributed by atoms with Gasteiger partial charge in [0.2, 0.25) is 11.7 Å². The molecule has 2 heterocycles. The van der Waals surface area contributed by atoms with Gasteiger partial charge in [0.1, 0.15) is 5.82 Å². The Morgan fingerprint density at radius 2 is 2.00 bits per heavy atom. The quantitative estimate of drug-likeness (QED) is 0.735. The molecule has 0 aliphatic heterocycles. The van der Waals surface area contributed by atoms with E-state index >= 15 is 0 Å². The summed E-state index contributed by atoms with van der Waals surface area (Å²) in [6, 6.07) is 1.44. The van der Waals surface area contributed by atoms with Crippen LogP contribution in [0.3, 0.4) is 0 Å². The number of aromatic nitrogens is 4. The Hall–Kier alpha value is -2.62. The molecule has 0 amide bonds. The molecule has 2 aromatic heterocycles. The van der Waals surface area contributed by atoms with E-state index in [1.807, 2.05) is 0 Å². The van der Waals surface area contributed by atoms with Crippen molar-refractivity contribution in [2.24, 2.45) is 5.92 Å². The van der Waals surface area contributed by atoms with Gasteiger partial charge in [-0.3, -0.25) is 4.79 Å². The van der Waals surface area contributed by atoms with Gasteiger partial charge in [0.15, 0.2) is 0 Å². The van der Waals surface area contributed by atoms with Crippen LogP contribution in [0.25, 0.3) is 0 Å². The van der Waals surface area contributed by atoms with Crippen molar-refractivity contribution in [2.75, 3.05) is 19.0 Å². The largest absolute Gasteiger partial charge is 0.417 e. The SMILES string of the molecule is COC[C@@H](C1CC1)n1nc(C)nc(Nc2cc(C)c(OC(F)F)nc2C)c1=O. The summed E-state index contributed by atoms with van der Waals surface area (Å²) in [5, 5.41) is 7.26. The number of anilines is 2. The molecule has 1 aliphatic carbocycles. The van der Waals surface area contributed by atoms with E-state index in [1.54, 1.807) is 33.9 Å². The standard InChI is InChI=1S/C18H23F2N5O3/c1-9-7-13(10(2)21-16(9)28-18(19)20)23-15-17(26)25(24-11(3)22-15)14(8-27-4)12-5-6-12/h7,12,14,18H,5-6,8H2,1-4H3,(H,22,23,24)/t14-/m0/s1. The van der Waals surface area contributed by atoms with Crippen LogP contribution in [0.4, 0.5) is 20.3 Å². The van der Waals surface area contributed by atoms with E-state index < -0.39 is 6.61 Å². The number of hydrogen-bond acceptors (Lipinski definition) is 7. The van der Waals surface area contributed by atoms with Crippen LogP contribution in [0, 0.1) is 26.7 Å². The van der Waals surface area contributed by atoms with E-state index in [2.05, 4.69) is 25.1 Å². The topological polar surface area (TPSA) is 91.2 Å². The van der Waals surface area contributed by atoms with E-state index in [9.17, 15) is 13.6 Å². The summed E-state index contributed by atoms with van der Waals surface area (Å²) in [5.74, 6) is 0.740. The summed E-state index contributed by atoms with van der Waals surface area (Å²) in [6.45, 7) is 2.36. The first-order valence-corrected chi connectivity index (χ1v) is 8.96. The molecule has 1 N–H and O–H groups in total. The molecule has 1 saturated carbocycles. The van der Waals surface area contributed by atoms with Crippen molar-refractivity contribution in [3.8, 4) is 5.88 Å². The Bertz CT molecular complexity index is 915. The van der Waals surface area contributed by atoms with Crippen LogP contribution in [0.1, 0.15) is 36.0 Å². The molecular weight excluding hydrogens is 372 g/mol. The van der Waals surface area contributed by atoms with Gasteiger partial charge in [0, 0.05) is 12.7 Å². The highest BCUT2D eigenvalue weighted by molar-refractivity contribution is 5.60. The second kappa shape index (κ2) is 8.17. The molecule has 10 heteroatoms. The van der Waals surface area contributed by atoms with Crippen molar-refractivity contribution in [1.82, 2.24) is 19.7 Å². The van der Waals surface area contributed by atoms with Crippen molar-refractivity contribution < 1.29 is 18.3 Å². The molecule has 0 saturated heterocycles. The highest BCUT2D eigenvalue weighted by Gasteiger charge is 2.34. The molecular formula is C18H23F2N5O3. The highest BCUT2D eigenvalue weighted by atomic mass is 19.3. The van der Waals surface area contributed by atoms with Crippen LogP contribution < -0.4 is 15.6 Å². The van der Waals surface area contributed by atoms with Crippen LogP contribution in [0.15, 0.2) is 10.9 Å². The Balaban J connectivity index is 1.95. The maximum Gasteiger partial charge on any atom is 0.388 e. The molecule has 8 nitrogen and oxygen atoms in total. The molecule has 152 valence electrons. The number of alkyl halides is 2. The van der Waals surface area contributed by atoms with Gasteiger partial charge >= 0.3 is 12.2 Å². The zero-order valence-electron chi connectivity index (χ0n) is 16.2. The number of rotatable bonds is 8. The predicted octanol–water partition coefficient (Wildman–Crippen LogP) is 2.90. The van der Waals surface area contributed by atoms with Gasteiger partial charge < -0.3 is 14.8 Å². The van der Waals surface area contributed by atoms with Crippen LogP contribution in [-0.2, 0) is 4.74 Å². The monoisotopic (exact) mass is 395 g/mol. The molecule has 1 fully saturated rings. The lowest BCUT2D eigenvalue weighted by atomic mass is 10.2. The summed E-state index contributed by atoms with van der Waals surface area (Å²) in [6.07, 6.45) is 2.06.